The topological polar surface area (TPSA) is 94.3 Å². The predicted octanol–water partition coefficient (Wildman–Crippen LogP) is 1.09. The first-order valence-corrected chi connectivity index (χ1v) is 7.15. The molecule has 22 heavy (non-hydrogen) atoms. The van der Waals surface area contributed by atoms with E-state index in [4.69, 9.17) is 19.9 Å². The quantitative estimate of drug-likeness (QED) is 0.807. The Balaban J connectivity index is 1.68. The minimum absolute atomic E-state index is 0.0204. The smallest absolute Gasteiger partial charge is 0.417 e. The predicted molar refractivity (Wildman–Crippen MR) is 76.8 cm³/mol. The summed E-state index contributed by atoms with van der Waals surface area (Å²) in [5.41, 5.74) is 6.39. The van der Waals surface area contributed by atoms with Gasteiger partial charge >= 0.3 is 6.09 Å². The molecule has 0 spiro atoms. The second-order valence-electron chi connectivity index (χ2n) is 5.17. The number of rotatable bonds is 4. The van der Waals surface area contributed by atoms with Gasteiger partial charge in [0.15, 0.2) is 12.0 Å². The van der Waals surface area contributed by atoms with Crippen LogP contribution >= 0.6 is 0 Å². The number of aliphatic hydroxyl groups is 1. The summed E-state index contributed by atoms with van der Waals surface area (Å²) in [6.45, 7) is 0.186. The van der Waals surface area contributed by atoms with Crippen LogP contribution in [0.1, 0.15) is 12.8 Å². The van der Waals surface area contributed by atoms with Crippen LogP contribution in [0.2, 0.25) is 0 Å². The average Bonchev–Trinajstić information content (AvgIpc) is 2.97. The maximum atomic E-state index is 11.9. The second kappa shape index (κ2) is 6.25. The van der Waals surface area contributed by atoms with Crippen molar-refractivity contribution < 1.29 is 24.1 Å². The standard InChI is InChI=1S/C15H18N2O5/c16-6-11(18)12-7-17(15(19)22-12)14-9-20-8-13(21-14)10-4-2-1-3-5-10/h1-2,4,8-9,11-12,18H,3,5-7,16H2/t11-,12-/m0/s1. The highest BCUT2D eigenvalue weighted by Gasteiger charge is 2.39. The molecule has 3 N–H and O–H groups in total. The number of nitrogens with zero attached hydrogens (tertiary/aromatic N) is 1. The Morgan fingerprint density at radius 1 is 1.45 bits per heavy atom. The number of carbonyl (C=O) groups excluding carboxylic acids is 1. The summed E-state index contributed by atoms with van der Waals surface area (Å²) in [6.07, 6.45) is 8.42. The molecule has 0 aromatic rings. The van der Waals surface area contributed by atoms with Crippen LogP contribution in [-0.4, -0.2) is 41.4 Å². The molecule has 1 aliphatic carbocycles. The maximum Gasteiger partial charge on any atom is 0.417 e. The lowest BCUT2D eigenvalue weighted by molar-refractivity contribution is 0.0380. The van der Waals surface area contributed by atoms with Crippen LogP contribution in [0.4, 0.5) is 4.79 Å². The summed E-state index contributed by atoms with van der Waals surface area (Å²) in [7, 11) is 0. The van der Waals surface area contributed by atoms with E-state index in [9.17, 15) is 9.90 Å². The van der Waals surface area contributed by atoms with Gasteiger partial charge < -0.3 is 25.1 Å². The molecule has 2 aliphatic heterocycles. The molecule has 3 rings (SSSR count). The van der Waals surface area contributed by atoms with Crippen LogP contribution in [0.25, 0.3) is 0 Å². The van der Waals surface area contributed by atoms with Crippen LogP contribution in [0, 0.1) is 0 Å². The molecule has 118 valence electrons. The van der Waals surface area contributed by atoms with Gasteiger partial charge in [0.1, 0.15) is 18.5 Å². The normalized spacial score (nSPS) is 25.5. The molecule has 1 saturated heterocycles. The molecule has 2 heterocycles. The number of hydrogen-bond donors (Lipinski definition) is 2. The number of allylic oxidation sites excluding steroid dienone is 4. The fourth-order valence-corrected chi connectivity index (χ4v) is 2.40. The lowest BCUT2D eigenvalue weighted by Crippen LogP contribution is -2.36. The van der Waals surface area contributed by atoms with E-state index >= 15 is 0 Å². The first kappa shape index (κ1) is 14.7. The third-order valence-electron chi connectivity index (χ3n) is 3.66. The SMILES string of the molecule is NC[C@H](O)[C@@H]1CN(C2=COC=C(C3=CC=CCC3)O2)C(=O)O1. The molecule has 0 radical (unpaired) electrons. The van der Waals surface area contributed by atoms with Gasteiger partial charge in [-0.15, -0.1) is 0 Å². The molecule has 0 aromatic heterocycles. The lowest BCUT2D eigenvalue weighted by Gasteiger charge is -2.23. The van der Waals surface area contributed by atoms with E-state index in [0.29, 0.717) is 5.76 Å². The molecule has 7 heteroatoms. The fourth-order valence-electron chi connectivity index (χ4n) is 2.40. The minimum atomic E-state index is -0.903. The summed E-state index contributed by atoms with van der Waals surface area (Å²) in [6, 6.07) is 0. The third kappa shape index (κ3) is 2.86. The van der Waals surface area contributed by atoms with E-state index in [0.717, 1.165) is 18.4 Å². The zero-order chi connectivity index (χ0) is 15.5. The number of hydrogen-bond acceptors (Lipinski definition) is 6. The van der Waals surface area contributed by atoms with Gasteiger partial charge in [0.2, 0.25) is 5.88 Å². The van der Waals surface area contributed by atoms with E-state index in [1.807, 2.05) is 12.2 Å². The van der Waals surface area contributed by atoms with Gasteiger partial charge in [0.05, 0.1) is 6.54 Å². The Kier molecular flexibility index (Phi) is 4.17. The second-order valence-corrected chi connectivity index (χ2v) is 5.17. The summed E-state index contributed by atoms with van der Waals surface area (Å²) < 4.78 is 16.1. The minimum Gasteiger partial charge on any atom is -0.463 e. The molecule has 0 unspecified atom stereocenters. The van der Waals surface area contributed by atoms with Gasteiger partial charge in [-0.2, -0.15) is 0 Å². The van der Waals surface area contributed by atoms with Gasteiger partial charge in [-0.25, -0.2) is 9.69 Å². The maximum absolute atomic E-state index is 11.9. The van der Waals surface area contributed by atoms with E-state index < -0.39 is 18.3 Å². The van der Waals surface area contributed by atoms with E-state index in [1.54, 1.807) is 0 Å². The molecular formula is C15H18N2O5. The zero-order valence-corrected chi connectivity index (χ0v) is 12.0. The fraction of sp³-hybridized carbons (Fsp3) is 0.400. The summed E-state index contributed by atoms with van der Waals surface area (Å²) in [4.78, 5) is 13.2. The molecule has 2 atom stereocenters. The van der Waals surface area contributed by atoms with Gasteiger partial charge in [-0.3, -0.25) is 0 Å². The van der Waals surface area contributed by atoms with Crippen molar-refractivity contribution in [1.82, 2.24) is 4.90 Å². The van der Waals surface area contributed by atoms with Crippen LogP contribution in [0.5, 0.6) is 0 Å². The number of aliphatic hydroxyl groups excluding tert-OH is 1. The summed E-state index contributed by atoms with van der Waals surface area (Å²) >= 11 is 0. The molecule has 0 aromatic carbocycles. The van der Waals surface area contributed by atoms with Crippen molar-refractivity contribution in [3.05, 3.63) is 48.0 Å². The largest absolute Gasteiger partial charge is 0.463 e. The number of nitrogens with two attached hydrogens (primary N) is 1. The Morgan fingerprint density at radius 2 is 2.32 bits per heavy atom. The van der Waals surface area contributed by atoms with Crippen LogP contribution in [0.3, 0.4) is 0 Å². The molecule has 0 bridgehead atoms. The van der Waals surface area contributed by atoms with Gasteiger partial charge in [-0.05, 0) is 18.4 Å². The zero-order valence-electron chi connectivity index (χ0n) is 12.0. The molecule has 1 fully saturated rings. The third-order valence-corrected chi connectivity index (χ3v) is 3.66. The lowest BCUT2D eigenvalue weighted by atomic mass is 10.0. The molecule has 0 saturated carbocycles. The van der Waals surface area contributed by atoms with E-state index in [1.165, 1.54) is 17.4 Å². The molecule has 1 amide bonds. The van der Waals surface area contributed by atoms with Crippen molar-refractivity contribution in [3.8, 4) is 0 Å². The van der Waals surface area contributed by atoms with Gasteiger partial charge in [0, 0.05) is 6.54 Å². The first-order valence-electron chi connectivity index (χ1n) is 7.15. The summed E-state index contributed by atoms with van der Waals surface area (Å²) in [5, 5.41) is 9.70. The highest BCUT2D eigenvalue weighted by atomic mass is 16.6. The van der Waals surface area contributed by atoms with Crippen molar-refractivity contribution in [2.24, 2.45) is 5.73 Å². The Bertz CT molecular complexity index is 578. The monoisotopic (exact) mass is 306 g/mol. The van der Waals surface area contributed by atoms with Gasteiger partial charge in [-0.1, -0.05) is 18.2 Å². The highest BCUT2D eigenvalue weighted by Crippen LogP contribution is 2.29. The number of ether oxygens (including phenoxy) is 3. The van der Waals surface area contributed by atoms with Gasteiger partial charge in [0.25, 0.3) is 0 Å². The Labute approximate surface area is 127 Å². The van der Waals surface area contributed by atoms with Crippen LogP contribution in [0.15, 0.2) is 48.0 Å². The van der Waals surface area contributed by atoms with Crippen molar-refractivity contribution >= 4 is 6.09 Å². The van der Waals surface area contributed by atoms with Crippen molar-refractivity contribution in [1.29, 1.82) is 0 Å². The van der Waals surface area contributed by atoms with E-state index in [2.05, 4.69) is 6.08 Å². The Hall–Kier alpha value is -2.25. The first-order chi connectivity index (χ1) is 10.7. The number of cyclic esters (lactones) is 1. The van der Waals surface area contributed by atoms with Crippen LogP contribution in [-0.2, 0) is 14.2 Å². The molecule has 3 aliphatic rings. The van der Waals surface area contributed by atoms with Crippen molar-refractivity contribution in [2.75, 3.05) is 13.1 Å². The number of carbonyl (C=O) groups is 1. The van der Waals surface area contributed by atoms with Crippen LogP contribution < -0.4 is 5.73 Å². The molecule has 7 nitrogen and oxygen atoms in total. The number of amides is 1. The van der Waals surface area contributed by atoms with Crippen molar-refractivity contribution in [2.45, 2.75) is 25.0 Å². The average molecular weight is 306 g/mol. The Morgan fingerprint density at radius 3 is 3.05 bits per heavy atom. The summed E-state index contributed by atoms with van der Waals surface area (Å²) in [5.74, 6) is 0.808. The highest BCUT2D eigenvalue weighted by molar-refractivity contribution is 5.72. The van der Waals surface area contributed by atoms with E-state index in [-0.39, 0.29) is 19.0 Å². The van der Waals surface area contributed by atoms with Crippen molar-refractivity contribution in [3.63, 3.8) is 0 Å². The molecular weight excluding hydrogens is 288 g/mol.